The molecular weight excluding hydrogens is 390 g/mol. The Balaban J connectivity index is 1.67. The van der Waals surface area contributed by atoms with Gasteiger partial charge in [-0.05, 0) is 31.2 Å². The Labute approximate surface area is 162 Å². The fourth-order valence-corrected chi connectivity index (χ4v) is 4.24. The lowest BCUT2D eigenvalue weighted by molar-refractivity contribution is -0.116. The quantitative estimate of drug-likeness (QED) is 0.560. The van der Waals surface area contributed by atoms with Crippen molar-refractivity contribution in [2.45, 2.75) is 25.5 Å². The summed E-state index contributed by atoms with van der Waals surface area (Å²) in [5.41, 5.74) is 0.865. The number of carbonyl (C=O) groups excluding carboxylic acids is 1. The van der Waals surface area contributed by atoms with Gasteiger partial charge < -0.3 is 8.83 Å². The third kappa shape index (κ3) is 5.08. The first kappa shape index (κ1) is 19.4. The molecule has 0 spiro atoms. The van der Waals surface area contributed by atoms with Gasteiger partial charge in [-0.3, -0.25) is 4.79 Å². The van der Waals surface area contributed by atoms with Gasteiger partial charge in [0.15, 0.2) is 9.84 Å². The Bertz CT molecular complexity index is 1040. The van der Waals surface area contributed by atoms with Crippen LogP contribution in [0.15, 0.2) is 51.5 Å². The second kappa shape index (κ2) is 8.10. The maximum Gasteiger partial charge on any atom is 0.228 e. The van der Waals surface area contributed by atoms with E-state index in [0.717, 1.165) is 0 Å². The van der Waals surface area contributed by atoms with Gasteiger partial charge in [-0.1, -0.05) is 23.7 Å². The van der Waals surface area contributed by atoms with Crippen LogP contribution in [0.3, 0.4) is 0 Å². The molecule has 3 rings (SSSR count). The van der Waals surface area contributed by atoms with E-state index in [1.54, 1.807) is 43.3 Å². The van der Waals surface area contributed by atoms with E-state index in [4.69, 9.17) is 20.4 Å². The number of ketones is 1. The van der Waals surface area contributed by atoms with Crippen molar-refractivity contribution in [1.82, 2.24) is 4.98 Å². The van der Waals surface area contributed by atoms with Gasteiger partial charge in [-0.25, -0.2) is 13.4 Å². The number of halogens is 1. The van der Waals surface area contributed by atoms with Gasteiger partial charge in [-0.15, -0.1) is 0 Å². The smallest absolute Gasteiger partial charge is 0.228 e. The number of nitrogens with zero attached hydrogens (tertiary/aromatic N) is 1. The first-order valence-electron chi connectivity index (χ1n) is 8.30. The Kier molecular flexibility index (Phi) is 5.82. The SMILES string of the molecule is Cc1oc(-c2ccccc2Cl)nc1CS(=O)(=O)CC(=O)CCc1ccco1. The average Bonchev–Trinajstić information content (AvgIpc) is 3.23. The molecule has 0 atom stereocenters. The monoisotopic (exact) mass is 407 g/mol. The van der Waals surface area contributed by atoms with Crippen LogP contribution in [0.2, 0.25) is 5.02 Å². The maximum absolute atomic E-state index is 12.4. The molecule has 0 unspecified atom stereocenters. The largest absolute Gasteiger partial charge is 0.469 e. The summed E-state index contributed by atoms with van der Waals surface area (Å²) in [7, 11) is -3.66. The topological polar surface area (TPSA) is 90.4 Å². The van der Waals surface area contributed by atoms with Crippen LogP contribution in [-0.2, 0) is 26.8 Å². The van der Waals surface area contributed by atoms with Crippen LogP contribution in [0.4, 0.5) is 0 Å². The number of sulfone groups is 1. The molecule has 0 bridgehead atoms. The van der Waals surface area contributed by atoms with Gasteiger partial charge >= 0.3 is 0 Å². The second-order valence-electron chi connectivity index (χ2n) is 6.15. The van der Waals surface area contributed by atoms with Crippen LogP contribution in [0.5, 0.6) is 0 Å². The van der Waals surface area contributed by atoms with Crippen molar-refractivity contribution in [2.75, 3.05) is 5.75 Å². The lowest BCUT2D eigenvalue weighted by Crippen LogP contribution is -2.18. The Morgan fingerprint density at radius 2 is 1.96 bits per heavy atom. The predicted octanol–water partition coefficient (Wildman–Crippen LogP) is 4.01. The van der Waals surface area contributed by atoms with Crippen molar-refractivity contribution in [1.29, 1.82) is 0 Å². The summed E-state index contributed by atoms with van der Waals surface area (Å²) < 4.78 is 35.5. The molecular formula is C19H18ClNO5S. The van der Waals surface area contributed by atoms with E-state index in [2.05, 4.69) is 4.98 Å². The summed E-state index contributed by atoms with van der Waals surface area (Å²) in [6.07, 6.45) is 2.00. The molecule has 1 aromatic carbocycles. The summed E-state index contributed by atoms with van der Waals surface area (Å²) >= 11 is 6.13. The van der Waals surface area contributed by atoms with E-state index < -0.39 is 15.6 Å². The lowest BCUT2D eigenvalue weighted by atomic mass is 10.2. The average molecular weight is 408 g/mol. The fraction of sp³-hybridized carbons (Fsp3) is 0.263. The van der Waals surface area contributed by atoms with Crippen LogP contribution < -0.4 is 0 Å². The van der Waals surface area contributed by atoms with Crippen LogP contribution >= 0.6 is 11.6 Å². The van der Waals surface area contributed by atoms with Crippen molar-refractivity contribution in [2.24, 2.45) is 0 Å². The first-order chi connectivity index (χ1) is 12.8. The highest BCUT2D eigenvalue weighted by molar-refractivity contribution is 7.91. The number of furan rings is 1. The van der Waals surface area contributed by atoms with Crippen LogP contribution in [0.25, 0.3) is 11.5 Å². The van der Waals surface area contributed by atoms with Crippen molar-refractivity contribution < 1.29 is 22.0 Å². The highest BCUT2D eigenvalue weighted by Crippen LogP contribution is 2.29. The fourth-order valence-electron chi connectivity index (χ4n) is 2.61. The van der Waals surface area contributed by atoms with Crippen molar-refractivity contribution >= 4 is 27.2 Å². The van der Waals surface area contributed by atoms with E-state index in [1.807, 2.05) is 0 Å². The van der Waals surface area contributed by atoms with E-state index in [-0.39, 0.29) is 29.5 Å². The van der Waals surface area contributed by atoms with Gasteiger partial charge in [-0.2, -0.15) is 0 Å². The zero-order valence-electron chi connectivity index (χ0n) is 14.6. The molecule has 0 radical (unpaired) electrons. The molecule has 8 heteroatoms. The number of aryl methyl sites for hydroxylation is 2. The number of Topliss-reactive ketones (excluding diaryl/α,β-unsaturated/α-hetero) is 1. The number of aromatic nitrogens is 1. The first-order valence-corrected chi connectivity index (χ1v) is 10.5. The maximum atomic E-state index is 12.4. The number of rotatable bonds is 8. The summed E-state index contributed by atoms with van der Waals surface area (Å²) in [6, 6.07) is 10.5. The van der Waals surface area contributed by atoms with Crippen molar-refractivity contribution in [3.8, 4) is 11.5 Å². The number of benzene rings is 1. The number of carbonyl (C=O) groups is 1. The van der Waals surface area contributed by atoms with Crippen molar-refractivity contribution in [3.05, 3.63) is 64.9 Å². The Morgan fingerprint density at radius 3 is 2.67 bits per heavy atom. The minimum absolute atomic E-state index is 0.107. The molecule has 6 nitrogen and oxygen atoms in total. The van der Waals surface area contributed by atoms with Gasteiger partial charge in [0.05, 0.1) is 28.3 Å². The summed E-state index contributed by atoms with van der Waals surface area (Å²) in [5, 5.41) is 0.460. The third-order valence-corrected chi connectivity index (χ3v) is 5.77. The molecule has 3 aromatic rings. The molecule has 0 aliphatic rings. The Hall–Kier alpha value is -2.38. The van der Waals surface area contributed by atoms with Crippen molar-refractivity contribution in [3.63, 3.8) is 0 Å². The zero-order chi connectivity index (χ0) is 19.4. The minimum Gasteiger partial charge on any atom is -0.469 e. The molecule has 0 fully saturated rings. The highest BCUT2D eigenvalue weighted by Gasteiger charge is 2.22. The summed E-state index contributed by atoms with van der Waals surface area (Å²) in [4.78, 5) is 16.3. The Morgan fingerprint density at radius 1 is 1.19 bits per heavy atom. The number of oxazole rings is 1. The lowest BCUT2D eigenvalue weighted by Gasteiger charge is -2.02. The van der Waals surface area contributed by atoms with Crippen LogP contribution in [-0.4, -0.2) is 24.9 Å². The standard InChI is InChI=1S/C19H18ClNO5S/c1-13-18(21-19(26-13)16-6-2-3-7-17(16)20)12-27(23,24)11-14(22)8-9-15-5-4-10-25-15/h2-7,10H,8-9,11-12H2,1H3. The molecule has 0 N–H and O–H groups in total. The number of hydrogen-bond acceptors (Lipinski definition) is 6. The molecule has 2 heterocycles. The molecule has 0 aliphatic carbocycles. The zero-order valence-corrected chi connectivity index (χ0v) is 16.2. The molecule has 0 saturated carbocycles. The number of hydrogen-bond donors (Lipinski definition) is 0. The van der Waals surface area contributed by atoms with E-state index in [0.29, 0.717) is 28.5 Å². The van der Waals surface area contributed by atoms with E-state index in [9.17, 15) is 13.2 Å². The minimum atomic E-state index is -3.66. The molecule has 2 aromatic heterocycles. The predicted molar refractivity (Wildman–Crippen MR) is 101 cm³/mol. The molecule has 27 heavy (non-hydrogen) atoms. The van der Waals surface area contributed by atoms with Gasteiger partial charge in [0.25, 0.3) is 0 Å². The molecule has 0 aliphatic heterocycles. The summed E-state index contributed by atoms with van der Waals surface area (Å²) in [5.74, 6) is 0.0288. The van der Waals surface area contributed by atoms with Gasteiger partial charge in [0.2, 0.25) is 5.89 Å². The van der Waals surface area contributed by atoms with E-state index in [1.165, 1.54) is 6.26 Å². The van der Waals surface area contributed by atoms with Gasteiger partial charge in [0.1, 0.15) is 23.1 Å². The van der Waals surface area contributed by atoms with Crippen LogP contribution in [0.1, 0.15) is 23.6 Å². The van der Waals surface area contributed by atoms with Crippen LogP contribution in [0, 0.1) is 6.92 Å². The third-order valence-electron chi connectivity index (χ3n) is 3.96. The van der Waals surface area contributed by atoms with Gasteiger partial charge in [0, 0.05) is 12.8 Å². The normalized spacial score (nSPS) is 11.6. The molecule has 0 amide bonds. The molecule has 0 saturated heterocycles. The highest BCUT2D eigenvalue weighted by atomic mass is 35.5. The second-order valence-corrected chi connectivity index (χ2v) is 8.62. The summed E-state index contributed by atoms with van der Waals surface area (Å²) in [6.45, 7) is 1.64. The van der Waals surface area contributed by atoms with E-state index >= 15 is 0 Å². The molecule has 142 valence electrons.